The van der Waals surface area contributed by atoms with Gasteiger partial charge in [0.1, 0.15) is 0 Å². The van der Waals surface area contributed by atoms with Gasteiger partial charge in [-0.2, -0.15) is 0 Å². The van der Waals surface area contributed by atoms with Gasteiger partial charge in [0, 0.05) is 11.8 Å². The van der Waals surface area contributed by atoms with E-state index in [-0.39, 0.29) is 6.61 Å². The fourth-order valence-electron chi connectivity index (χ4n) is 1.73. The van der Waals surface area contributed by atoms with Crippen molar-refractivity contribution in [3.63, 3.8) is 0 Å². The number of nitrogens with zero attached hydrogens (tertiary/aromatic N) is 1. The van der Waals surface area contributed by atoms with Crippen LogP contribution in [0.1, 0.15) is 5.56 Å². The molecule has 0 fully saturated rings. The molecule has 17 heavy (non-hydrogen) atoms. The van der Waals surface area contributed by atoms with Crippen LogP contribution >= 0.6 is 0 Å². The van der Waals surface area contributed by atoms with Gasteiger partial charge in [-0.1, -0.05) is 12.1 Å². The van der Waals surface area contributed by atoms with E-state index in [1.807, 2.05) is 0 Å². The predicted octanol–water partition coefficient (Wildman–Crippen LogP) is 2.53. The van der Waals surface area contributed by atoms with Crippen LogP contribution in [0.2, 0.25) is 0 Å². The molecule has 0 aromatic heterocycles. The summed E-state index contributed by atoms with van der Waals surface area (Å²) < 4.78 is 57.7. The van der Waals surface area contributed by atoms with Crippen LogP contribution in [0.3, 0.4) is 0 Å². The van der Waals surface area contributed by atoms with Crippen LogP contribution < -0.4 is 0 Å². The minimum atomic E-state index is -2.98. The molecule has 0 aliphatic carbocycles. The van der Waals surface area contributed by atoms with Gasteiger partial charge in [0.25, 0.3) is 6.43 Å². The number of benzene rings is 1. The van der Waals surface area contributed by atoms with E-state index in [1.54, 1.807) is 0 Å². The van der Waals surface area contributed by atoms with Gasteiger partial charge in [0.05, 0.1) is 13.2 Å². The van der Waals surface area contributed by atoms with Crippen molar-refractivity contribution in [2.24, 2.45) is 4.99 Å². The maximum Gasteiger partial charge on any atom is 0.269 e. The molecule has 0 saturated heterocycles. The second-order valence-corrected chi connectivity index (χ2v) is 3.65. The van der Waals surface area contributed by atoms with Crippen molar-refractivity contribution in [2.75, 3.05) is 13.2 Å². The second-order valence-electron chi connectivity index (χ2n) is 3.65. The topological polar surface area (TPSA) is 21.6 Å². The maximum atomic E-state index is 13.6. The van der Waals surface area contributed by atoms with Crippen molar-refractivity contribution in [1.29, 1.82) is 0 Å². The number of hydrogen-bond donors (Lipinski definition) is 0. The van der Waals surface area contributed by atoms with Gasteiger partial charge in [-0.05, 0) is 6.07 Å². The summed E-state index contributed by atoms with van der Waals surface area (Å²) in [5.74, 6) is -2.49. The fraction of sp³-hybridized carbons (Fsp3) is 0.364. The molecule has 1 atom stereocenters. The lowest BCUT2D eigenvalue weighted by Gasteiger charge is -2.31. The zero-order chi connectivity index (χ0) is 12.5. The minimum absolute atomic E-state index is 0.0887. The van der Waals surface area contributed by atoms with Gasteiger partial charge in [-0.15, -0.1) is 0 Å². The molecular weight excluding hydrogens is 238 g/mol. The summed E-state index contributed by atoms with van der Waals surface area (Å²) in [5.41, 5.74) is -2.63. The molecule has 0 saturated carbocycles. The molecule has 0 unspecified atom stereocenters. The van der Waals surface area contributed by atoms with Gasteiger partial charge in [-0.3, -0.25) is 4.99 Å². The van der Waals surface area contributed by atoms with Crippen LogP contribution in [-0.4, -0.2) is 25.9 Å². The number of halogens is 4. The smallest absolute Gasteiger partial charge is 0.269 e. The van der Waals surface area contributed by atoms with E-state index in [1.165, 1.54) is 6.07 Å². The summed E-state index contributed by atoms with van der Waals surface area (Å²) in [5, 5.41) is 0. The Bertz CT molecular complexity index is 449. The molecule has 0 amide bonds. The Morgan fingerprint density at radius 2 is 2.06 bits per heavy atom. The molecule has 2 rings (SSSR count). The van der Waals surface area contributed by atoms with Crippen LogP contribution in [0.4, 0.5) is 17.6 Å². The van der Waals surface area contributed by atoms with E-state index < -0.39 is 35.8 Å². The zero-order valence-electron chi connectivity index (χ0n) is 8.67. The Hall–Kier alpha value is -1.43. The van der Waals surface area contributed by atoms with Crippen molar-refractivity contribution < 1.29 is 22.3 Å². The Labute approximate surface area is 94.9 Å². The molecular formula is C11H9F4NO. The summed E-state index contributed by atoms with van der Waals surface area (Å²) in [6.07, 6.45) is -1.84. The van der Waals surface area contributed by atoms with E-state index in [9.17, 15) is 17.6 Å². The molecule has 92 valence electrons. The van der Waals surface area contributed by atoms with Gasteiger partial charge in [-0.25, -0.2) is 17.6 Å². The number of ether oxygens (including phenoxy) is 1. The molecule has 1 aromatic carbocycles. The Balaban J connectivity index is 2.57. The van der Waals surface area contributed by atoms with Crippen molar-refractivity contribution in [1.82, 2.24) is 0 Å². The number of alkyl halides is 2. The van der Waals surface area contributed by atoms with Gasteiger partial charge < -0.3 is 4.74 Å². The highest BCUT2D eigenvalue weighted by molar-refractivity contribution is 5.61. The van der Waals surface area contributed by atoms with E-state index in [2.05, 4.69) is 4.99 Å². The lowest BCUT2D eigenvalue weighted by Crippen LogP contribution is -2.41. The van der Waals surface area contributed by atoms with Crippen LogP contribution in [0.25, 0.3) is 0 Å². The van der Waals surface area contributed by atoms with Gasteiger partial charge in [0.2, 0.25) is 0 Å². The third kappa shape index (κ3) is 1.93. The minimum Gasteiger partial charge on any atom is -0.373 e. The maximum absolute atomic E-state index is 13.6. The normalized spacial score (nSPS) is 24.3. The van der Waals surface area contributed by atoms with Crippen LogP contribution in [0.15, 0.2) is 23.2 Å². The lowest BCUT2D eigenvalue weighted by atomic mass is 9.90. The highest BCUT2D eigenvalue weighted by Gasteiger charge is 2.45. The van der Waals surface area contributed by atoms with Crippen molar-refractivity contribution in [2.45, 2.75) is 12.0 Å². The molecule has 1 aliphatic rings. The van der Waals surface area contributed by atoms with Gasteiger partial charge in [0.15, 0.2) is 17.2 Å². The van der Waals surface area contributed by atoms with Crippen LogP contribution in [0, 0.1) is 11.6 Å². The molecule has 0 bridgehead atoms. The highest BCUT2D eigenvalue weighted by atomic mass is 19.3. The molecule has 6 heteroatoms. The Morgan fingerprint density at radius 1 is 1.29 bits per heavy atom. The van der Waals surface area contributed by atoms with E-state index in [0.29, 0.717) is 0 Å². The average molecular weight is 247 g/mol. The Kier molecular flexibility index (Phi) is 3.15. The largest absolute Gasteiger partial charge is 0.373 e. The first-order chi connectivity index (χ1) is 8.08. The third-order valence-corrected chi connectivity index (χ3v) is 2.62. The van der Waals surface area contributed by atoms with E-state index in [0.717, 1.165) is 18.3 Å². The summed E-state index contributed by atoms with van der Waals surface area (Å²) in [6, 6.07) is 3.13. The third-order valence-electron chi connectivity index (χ3n) is 2.62. The quantitative estimate of drug-likeness (QED) is 0.736. The summed E-state index contributed by atoms with van der Waals surface area (Å²) in [6.45, 7) is -0.382. The monoisotopic (exact) mass is 247 g/mol. The molecule has 1 aromatic rings. The zero-order valence-corrected chi connectivity index (χ0v) is 8.67. The van der Waals surface area contributed by atoms with Crippen molar-refractivity contribution in [3.05, 3.63) is 35.4 Å². The molecule has 0 radical (unpaired) electrons. The summed E-state index contributed by atoms with van der Waals surface area (Å²) in [7, 11) is 0. The first-order valence-corrected chi connectivity index (χ1v) is 4.92. The second kappa shape index (κ2) is 4.44. The molecule has 1 aliphatic heterocycles. The molecule has 0 N–H and O–H groups in total. The first kappa shape index (κ1) is 12.0. The van der Waals surface area contributed by atoms with E-state index in [4.69, 9.17) is 4.74 Å². The molecule has 1 heterocycles. The molecule has 0 spiro atoms. The fourth-order valence-corrected chi connectivity index (χ4v) is 1.73. The Morgan fingerprint density at radius 3 is 2.65 bits per heavy atom. The van der Waals surface area contributed by atoms with Crippen LogP contribution in [0.5, 0.6) is 0 Å². The summed E-state index contributed by atoms with van der Waals surface area (Å²) >= 11 is 0. The van der Waals surface area contributed by atoms with E-state index >= 15 is 0 Å². The van der Waals surface area contributed by atoms with Crippen molar-refractivity contribution in [3.8, 4) is 0 Å². The van der Waals surface area contributed by atoms with Gasteiger partial charge >= 0.3 is 0 Å². The standard InChI is InChI=1S/C11H9F4NO/c12-8-3-1-2-7(9(8)13)11(10(14)15)6-17-5-4-16-11/h1-4,10H,5-6H2/t11-/m0/s1. The summed E-state index contributed by atoms with van der Waals surface area (Å²) in [4.78, 5) is 3.63. The van der Waals surface area contributed by atoms with Crippen LogP contribution in [-0.2, 0) is 10.3 Å². The average Bonchev–Trinajstić information content (AvgIpc) is 2.33. The first-order valence-electron chi connectivity index (χ1n) is 4.92. The lowest BCUT2D eigenvalue weighted by molar-refractivity contribution is -0.0129. The number of hydrogen-bond acceptors (Lipinski definition) is 2. The number of rotatable bonds is 2. The predicted molar refractivity (Wildman–Crippen MR) is 53.4 cm³/mol. The number of aliphatic imine (C=N–C) groups is 1. The SMILES string of the molecule is Fc1cccc([C@]2(C(F)F)COCC=N2)c1F. The highest BCUT2D eigenvalue weighted by Crippen LogP contribution is 2.36. The van der Waals surface area contributed by atoms with Crippen molar-refractivity contribution >= 4 is 6.21 Å². The molecule has 2 nitrogen and oxygen atoms in total.